The molecule has 2 aliphatic carbocycles. The van der Waals surface area contributed by atoms with Gasteiger partial charge in [-0.1, -0.05) is 18.2 Å². The minimum Gasteiger partial charge on any atom is -0.274 e. The van der Waals surface area contributed by atoms with E-state index in [-0.39, 0.29) is 17.9 Å². The second-order valence-corrected chi connectivity index (χ2v) is 4.07. The van der Waals surface area contributed by atoms with Crippen molar-refractivity contribution in [3.8, 4) is 11.1 Å². The molecule has 4 heteroatoms. The maximum Gasteiger partial charge on any atom is 0.243 e. The number of carbonyl (C=O) groups excluding carboxylic acids is 2. The van der Waals surface area contributed by atoms with Crippen LogP contribution in [-0.4, -0.2) is 22.9 Å². The molecule has 0 aromatic rings. The van der Waals surface area contributed by atoms with E-state index in [9.17, 15) is 9.59 Å². The molecule has 0 aromatic carbocycles. The molecule has 0 radical (unpaired) electrons. The largest absolute Gasteiger partial charge is 0.274 e. The summed E-state index contributed by atoms with van der Waals surface area (Å²) in [6.07, 6.45) is 0.542. The van der Waals surface area contributed by atoms with E-state index >= 15 is 0 Å². The zero-order chi connectivity index (χ0) is 11.7. The van der Waals surface area contributed by atoms with Gasteiger partial charge in [-0.05, 0) is 24.1 Å². The normalized spacial score (nSPS) is 19.2. The lowest BCUT2D eigenvalue weighted by molar-refractivity contribution is -0.155. The SMILES string of the molecule is CC(=O)NN1C(=O)CC1C.c1cc2cc-2c1. The third-order valence-electron chi connectivity index (χ3n) is 2.57. The quantitative estimate of drug-likeness (QED) is 0.734. The van der Waals surface area contributed by atoms with Gasteiger partial charge in [0.25, 0.3) is 0 Å². The Balaban J connectivity index is 0.000000134. The number of carbonyl (C=O) groups is 2. The summed E-state index contributed by atoms with van der Waals surface area (Å²) in [6.45, 7) is 3.27. The Morgan fingerprint density at radius 3 is 2.25 bits per heavy atom. The highest BCUT2D eigenvalue weighted by Crippen LogP contribution is 2.32. The van der Waals surface area contributed by atoms with E-state index in [1.165, 1.54) is 23.1 Å². The van der Waals surface area contributed by atoms with Crippen molar-refractivity contribution in [1.29, 1.82) is 0 Å². The summed E-state index contributed by atoms with van der Waals surface area (Å²) >= 11 is 0. The summed E-state index contributed by atoms with van der Waals surface area (Å²) in [5, 5.41) is 1.35. The van der Waals surface area contributed by atoms with Crippen LogP contribution >= 0.6 is 0 Å². The van der Waals surface area contributed by atoms with E-state index in [2.05, 4.69) is 29.7 Å². The first-order chi connectivity index (χ1) is 7.58. The number of hydrazine groups is 1. The van der Waals surface area contributed by atoms with E-state index in [4.69, 9.17) is 0 Å². The zero-order valence-corrected chi connectivity index (χ0v) is 9.36. The maximum absolute atomic E-state index is 10.7. The molecule has 1 fully saturated rings. The van der Waals surface area contributed by atoms with Crippen LogP contribution in [0.2, 0.25) is 0 Å². The summed E-state index contributed by atoms with van der Waals surface area (Å²) in [5.41, 5.74) is 5.28. The van der Waals surface area contributed by atoms with E-state index in [1.807, 2.05) is 6.92 Å². The van der Waals surface area contributed by atoms with Crippen molar-refractivity contribution >= 4 is 11.8 Å². The standard InChI is InChI=1S/C6H10N2O2.C6H4/c1-4-3-6(10)8(4)7-5(2)9;1-2-5-4-6(5)3-1/h4H,3H2,1-2H3,(H,7,9);1-4H. The summed E-state index contributed by atoms with van der Waals surface area (Å²) in [4.78, 5) is 21.1. The van der Waals surface area contributed by atoms with Gasteiger partial charge in [0.05, 0.1) is 12.5 Å². The first-order valence-corrected chi connectivity index (χ1v) is 5.27. The van der Waals surface area contributed by atoms with E-state index in [1.54, 1.807) is 0 Å². The Morgan fingerprint density at radius 1 is 1.44 bits per heavy atom. The molecule has 3 rings (SSSR count). The molecule has 0 aromatic heterocycles. The van der Waals surface area contributed by atoms with Gasteiger partial charge in [0.1, 0.15) is 0 Å². The van der Waals surface area contributed by atoms with Gasteiger partial charge in [-0.2, -0.15) is 0 Å². The number of benzene rings is 1. The molecule has 1 atom stereocenters. The molecule has 1 aliphatic heterocycles. The number of amides is 2. The number of fused-ring (bicyclic) bond motifs is 1. The van der Waals surface area contributed by atoms with Crippen molar-refractivity contribution in [3.05, 3.63) is 24.3 Å². The number of hydrogen-bond donors (Lipinski definition) is 1. The molecule has 0 spiro atoms. The monoisotopic (exact) mass is 218 g/mol. The van der Waals surface area contributed by atoms with Crippen molar-refractivity contribution < 1.29 is 9.59 Å². The molecule has 1 saturated heterocycles. The second-order valence-electron chi connectivity index (χ2n) is 4.07. The molecule has 0 bridgehead atoms. The minimum absolute atomic E-state index is 0.0114. The van der Waals surface area contributed by atoms with Gasteiger partial charge in [-0.25, -0.2) is 0 Å². The Morgan fingerprint density at radius 2 is 2.06 bits per heavy atom. The van der Waals surface area contributed by atoms with Gasteiger partial charge in [0.15, 0.2) is 0 Å². The second kappa shape index (κ2) is 3.96. The Labute approximate surface area is 94.2 Å². The minimum atomic E-state index is -0.195. The van der Waals surface area contributed by atoms with Crippen LogP contribution in [0, 0.1) is 0 Å². The molecule has 3 aliphatic rings. The van der Waals surface area contributed by atoms with Gasteiger partial charge in [0, 0.05) is 6.92 Å². The Hall–Kier alpha value is -1.84. The molecular formula is C12H14N2O2. The van der Waals surface area contributed by atoms with Crippen LogP contribution in [0.5, 0.6) is 0 Å². The van der Waals surface area contributed by atoms with Crippen LogP contribution in [0.25, 0.3) is 11.1 Å². The van der Waals surface area contributed by atoms with Crippen LogP contribution in [0.3, 0.4) is 0 Å². The van der Waals surface area contributed by atoms with Crippen LogP contribution in [-0.2, 0) is 9.59 Å². The highest BCUT2D eigenvalue weighted by atomic mass is 16.2. The molecule has 1 unspecified atom stereocenters. The van der Waals surface area contributed by atoms with Crippen molar-refractivity contribution in [3.63, 3.8) is 0 Å². The van der Waals surface area contributed by atoms with Gasteiger partial charge < -0.3 is 0 Å². The summed E-state index contributed by atoms with van der Waals surface area (Å²) in [6, 6.07) is 8.64. The van der Waals surface area contributed by atoms with Gasteiger partial charge in [0.2, 0.25) is 11.8 Å². The van der Waals surface area contributed by atoms with Gasteiger partial charge in [-0.3, -0.25) is 20.0 Å². The van der Waals surface area contributed by atoms with Crippen molar-refractivity contribution in [1.82, 2.24) is 10.4 Å². The summed E-state index contributed by atoms with van der Waals surface area (Å²) in [5.74, 6) is -0.206. The molecule has 1 heterocycles. The molecule has 16 heavy (non-hydrogen) atoms. The number of nitrogens with zero attached hydrogens (tertiary/aromatic N) is 1. The van der Waals surface area contributed by atoms with E-state index in [0.717, 1.165) is 0 Å². The first-order valence-electron chi connectivity index (χ1n) is 5.27. The topological polar surface area (TPSA) is 49.4 Å². The molecule has 4 nitrogen and oxygen atoms in total. The zero-order valence-electron chi connectivity index (χ0n) is 9.36. The van der Waals surface area contributed by atoms with Gasteiger partial charge >= 0.3 is 0 Å². The van der Waals surface area contributed by atoms with Crippen molar-refractivity contribution in [2.24, 2.45) is 0 Å². The average molecular weight is 218 g/mol. The predicted octanol–water partition coefficient (Wildman–Crippen LogP) is 1.33. The molecule has 84 valence electrons. The first kappa shape index (κ1) is 10.7. The van der Waals surface area contributed by atoms with E-state index < -0.39 is 0 Å². The molecule has 0 saturated carbocycles. The summed E-state index contributed by atoms with van der Waals surface area (Å²) < 4.78 is 0. The molecular weight excluding hydrogens is 204 g/mol. The van der Waals surface area contributed by atoms with Crippen LogP contribution in [0.4, 0.5) is 0 Å². The predicted molar refractivity (Wildman–Crippen MR) is 60.2 cm³/mol. The van der Waals surface area contributed by atoms with E-state index in [0.29, 0.717) is 6.42 Å². The third-order valence-corrected chi connectivity index (χ3v) is 2.57. The maximum atomic E-state index is 10.7. The highest BCUT2D eigenvalue weighted by molar-refractivity contribution is 5.85. The fraction of sp³-hybridized carbons (Fsp3) is 0.333. The fourth-order valence-corrected chi connectivity index (χ4v) is 1.59. The number of β-lactam (4-membered cyclic amide) rings is 1. The summed E-state index contributed by atoms with van der Waals surface area (Å²) in [7, 11) is 0. The lowest BCUT2D eigenvalue weighted by atomic mass is 10.1. The van der Waals surface area contributed by atoms with Crippen molar-refractivity contribution in [2.75, 3.05) is 0 Å². The lowest BCUT2D eigenvalue weighted by Gasteiger charge is -2.37. The smallest absolute Gasteiger partial charge is 0.243 e. The fourth-order valence-electron chi connectivity index (χ4n) is 1.59. The van der Waals surface area contributed by atoms with Crippen LogP contribution < -0.4 is 5.43 Å². The average Bonchev–Trinajstić information content (AvgIpc) is 2.84. The number of nitrogens with one attached hydrogen (secondary N) is 1. The van der Waals surface area contributed by atoms with Gasteiger partial charge in [-0.15, -0.1) is 0 Å². The number of rotatable bonds is 1. The highest BCUT2D eigenvalue weighted by Gasteiger charge is 2.32. The van der Waals surface area contributed by atoms with Crippen LogP contribution in [0.1, 0.15) is 20.3 Å². The van der Waals surface area contributed by atoms with Crippen molar-refractivity contribution in [2.45, 2.75) is 26.3 Å². The molecule has 2 amide bonds. The van der Waals surface area contributed by atoms with Crippen LogP contribution in [0.15, 0.2) is 24.3 Å². The number of hydrogen-bond acceptors (Lipinski definition) is 2. The lowest BCUT2D eigenvalue weighted by Crippen LogP contribution is -2.59. The Bertz CT molecular complexity index is 425. The Kier molecular flexibility index (Phi) is 2.64. The molecule has 1 N–H and O–H groups in total. The third kappa shape index (κ3) is 2.21.